The first-order chi connectivity index (χ1) is 11.2. The van der Waals surface area contributed by atoms with Crippen LogP contribution in [0, 0.1) is 18.6 Å². The van der Waals surface area contributed by atoms with Gasteiger partial charge >= 0.3 is 6.18 Å². The predicted molar refractivity (Wildman–Crippen MR) is 77.7 cm³/mol. The highest BCUT2D eigenvalue weighted by Gasteiger charge is 2.43. The monoisotopic (exact) mass is 351 g/mol. The van der Waals surface area contributed by atoms with Gasteiger partial charge in [-0.2, -0.15) is 13.2 Å². The number of halogens is 5. The zero-order chi connectivity index (χ0) is 17.9. The number of aryl methyl sites for hydroxylation is 1. The van der Waals surface area contributed by atoms with E-state index in [4.69, 9.17) is 0 Å². The molecule has 1 aliphatic rings. The zero-order valence-corrected chi connectivity index (χ0v) is 13.0. The minimum absolute atomic E-state index is 0.0380. The van der Waals surface area contributed by atoms with Gasteiger partial charge in [0.2, 0.25) is 0 Å². The maximum absolute atomic E-state index is 13.7. The van der Waals surface area contributed by atoms with E-state index in [0.29, 0.717) is 19.2 Å². The number of amides is 1. The molecule has 24 heavy (non-hydrogen) atoms. The second-order valence-corrected chi connectivity index (χ2v) is 5.63. The summed E-state index contributed by atoms with van der Waals surface area (Å²) in [5.41, 5.74) is -0.439. The number of piperazine rings is 1. The summed E-state index contributed by atoms with van der Waals surface area (Å²) in [5, 5.41) is 5.06. The smallest absolute Gasteiger partial charge is 0.350 e. The number of rotatable bonds is 4. The Balaban J connectivity index is 2.08. The summed E-state index contributed by atoms with van der Waals surface area (Å²) in [4.78, 5) is 13.2. The van der Waals surface area contributed by atoms with E-state index in [0.717, 1.165) is 6.07 Å². The van der Waals surface area contributed by atoms with E-state index < -0.39 is 41.9 Å². The lowest BCUT2D eigenvalue weighted by molar-refractivity contribution is -0.183. The van der Waals surface area contributed by atoms with E-state index in [1.165, 1.54) is 11.8 Å². The summed E-state index contributed by atoms with van der Waals surface area (Å²) in [6.45, 7) is 1.88. The Morgan fingerprint density at radius 3 is 2.46 bits per heavy atom. The van der Waals surface area contributed by atoms with E-state index in [9.17, 15) is 26.7 Å². The lowest BCUT2D eigenvalue weighted by atomic mass is 10.1. The molecule has 2 N–H and O–H groups in total. The van der Waals surface area contributed by atoms with Crippen LogP contribution >= 0.6 is 0 Å². The van der Waals surface area contributed by atoms with Crippen molar-refractivity contribution in [1.82, 2.24) is 15.5 Å². The summed E-state index contributed by atoms with van der Waals surface area (Å²) in [6, 6.07) is -0.331. The third kappa shape index (κ3) is 4.41. The molecule has 0 spiro atoms. The average Bonchev–Trinajstić information content (AvgIpc) is 2.50. The number of carbonyl (C=O) groups excluding carboxylic acids is 1. The Bertz CT molecular complexity index is 600. The summed E-state index contributed by atoms with van der Waals surface area (Å²) in [6.07, 6.45) is -4.53. The minimum atomic E-state index is -4.53. The highest BCUT2D eigenvalue weighted by atomic mass is 19.4. The number of nitrogens with zero attached hydrogens (tertiary/aromatic N) is 1. The molecule has 1 aromatic rings. The molecule has 2 rings (SSSR count). The van der Waals surface area contributed by atoms with Crippen molar-refractivity contribution in [3.05, 3.63) is 34.9 Å². The first-order valence-corrected chi connectivity index (χ1v) is 7.45. The van der Waals surface area contributed by atoms with Gasteiger partial charge < -0.3 is 10.6 Å². The molecule has 1 saturated heterocycles. The number of carbonyl (C=O) groups is 1. The maximum atomic E-state index is 13.7. The van der Waals surface area contributed by atoms with Crippen molar-refractivity contribution in [2.24, 2.45) is 0 Å². The van der Waals surface area contributed by atoms with Crippen LogP contribution in [-0.2, 0) is 0 Å². The third-order valence-corrected chi connectivity index (χ3v) is 3.92. The topological polar surface area (TPSA) is 44.4 Å². The second-order valence-electron chi connectivity index (χ2n) is 5.63. The van der Waals surface area contributed by atoms with Crippen LogP contribution in [0.25, 0.3) is 0 Å². The van der Waals surface area contributed by atoms with Crippen LogP contribution in [0.5, 0.6) is 0 Å². The number of alkyl halides is 3. The van der Waals surface area contributed by atoms with Crippen molar-refractivity contribution in [2.75, 3.05) is 32.7 Å². The largest absolute Gasteiger partial charge is 0.405 e. The summed E-state index contributed by atoms with van der Waals surface area (Å²) in [7, 11) is 0. The van der Waals surface area contributed by atoms with Crippen molar-refractivity contribution >= 4 is 5.91 Å². The van der Waals surface area contributed by atoms with Gasteiger partial charge in [0.25, 0.3) is 5.91 Å². The van der Waals surface area contributed by atoms with Crippen molar-refractivity contribution in [1.29, 1.82) is 0 Å². The van der Waals surface area contributed by atoms with Crippen LogP contribution in [0.2, 0.25) is 0 Å². The Kier molecular flexibility index (Phi) is 5.76. The van der Waals surface area contributed by atoms with E-state index >= 15 is 0 Å². The Labute approximate surface area is 136 Å². The van der Waals surface area contributed by atoms with Crippen LogP contribution in [-0.4, -0.2) is 55.7 Å². The molecule has 0 radical (unpaired) electrons. The van der Waals surface area contributed by atoms with Gasteiger partial charge in [0.05, 0.1) is 5.56 Å². The molecule has 0 bridgehead atoms. The van der Waals surface area contributed by atoms with Crippen molar-refractivity contribution in [2.45, 2.75) is 19.1 Å². The maximum Gasteiger partial charge on any atom is 0.405 e. The molecule has 0 aliphatic carbocycles. The standard InChI is InChI=1S/C15H18F5N3O/c1-9-6-10(12(17)7-11(9)16)14(24)22-8-13(15(18,19)20)23-4-2-21-3-5-23/h6-7,13,21H,2-5,8H2,1H3,(H,22,24). The lowest BCUT2D eigenvalue weighted by Gasteiger charge is -2.35. The molecule has 0 saturated carbocycles. The van der Waals surface area contributed by atoms with Crippen LogP contribution in [0.3, 0.4) is 0 Å². The molecule has 1 amide bonds. The molecule has 1 fully saturated rings. The van der Waals surface area contributed by atoms with Gasteiger partial charge in [0, 0.05) is 38.8 Å². The average molecular weight is 351 g/mol. The molecule has 9 heteroatoms. The zero-order valence-electron chi connectivity index (χ0n) is 13.0. The van der Waals surface area contributed by atoms with Crippen molar-refractivity contribution < 1.29 is 26.7 Å². The van der Waals surface area contributed by atoms with E-state index in [-0.39, 0.29) is 18.7 Å². The van der Waals surface area contributed by atoms with Crippen LogP contribution in [0.15, 0.2) is 12.1 Å². The van der Waals surface area contributed by atoms with Crippen LogP contribution in [0.1, 0.15) is 15.9 Å². The van der Waals surface area contributed by atoms with Crippen LogP contribution < -0.4 is 10.6 Å². The van der Waals surface area contributed by atoms with Gasteiger partial charge in [-0.05, 0) is 18.6 Å². The van der Waals surface area contributed by atoms with Gasteiger partial charge in [0.15, 0.2) is 0 Å². The van der Waals surface area contributed by atoms with Gasteiger partial charge in [-0.3, -0.25) is 9.69 Å². The molecule has 134 valence electrons. The molecular weight excluding hydrogens is 333 g/mol. The first kappa shape index (κ1) is 18.6. The van der Waals surface area contributed by atoms with E-state index in [2.05, 4.69) is 10.6 Å². The number of nitrogens with one attached hydrogen (secondary N) is 2. The predicted octanol–water partition coefficient (Wildman–Crippen LogP) is 1.84. The normalized spacial score (nSPS) is 17.6. The highest BCUT2D eigenvalue weighted by Crippen LogP contribution is 2.25. The molecule has 4 nitrogen and oxygen atoms in total. The molecule has 1 unspecified atom stereocenters. The van der Waals surface area contributed by atoms with E-state index in [1.807, 2.05) is 0 Å². The van der Waals surface area contributed by atoms with Gasteiger partial charge in [-0.15, -0.1) is 0 Å². The Hall–Kier alpha value is -1.74. The Morgan fingerprint density at radius 1 is 1.25 bits per heavy atom. The van der Waals surface area contributed by atoms with Gasteiger partial charge in [-0.25, -0.2) is 8.78 Å². The minimum Gasteiger partial charge on any atom is -0.350 e. The third-order valence-electron chi connectivity index (χ3n) is 3.92. The highest BCUT2D eigenvalue weighted by molar-refractivity contribution is 5.94. The fourth-order valence-corrected chi connectivity index (χ4v) is 2.56. The Morgan fingerprint density at radius 2 is 1.88 bits per heavy atom. The molecular formula is C15H18F5N3O. The summed E-state index contributed by atoms with van der Waals surface area (Å²) >= 11 is 0. The van der Waals surface area contributed by atoms with Gasteiger partial charge in [-0.1, -0.05) is 0 Å². The molecule has 0 aromatic heterocycles. The number of benzene rings is 1. The van der Waals surface area contributed by atoms with Crippen molar-refractivity contribution in [3.63, 3.8) is 0 Å². The molecule has 1 aliphatic heterocycles. The fraction of sp³-hybridized carbons (Fsp3) is 0.533. The van der Waals surface area contributed by atoms with Crippen molar-refractivity contribution in [3.8, 4) is 0 Å². The molecule has 1 atom stereocenters. The lowest BCUT2D eigenvalue weighted by Crippen LogP contribution is -2.57. The van der Waals surface area contributed by atoms with E-state index in [1.54, 1.807) is 0 Å². The summed E-state index contributed by atoms with van der Waals surface area (Å²) < 4.78 is 66.5. The number of hydrogen-bond donors (Lipinski definition) is 2. The number of hydrogen-bond acceptors (Lipinski definition) is 3. The van der Waals surface area contributed by atoms with Crippen LogP contribution in [0.4, 0.5) is 22.0 Å². The molecule has 1 aromatic carbocycles. The quantitative estimate of drug-likeness (QED) is 0.814. The SMILES string of the molecule is Cc1cc(C(=O)NCC(N2CCNCC2)C(F)(F)F)c(F)cc1F. The first-order valence-electron chi connectivity index (χ1n) is 7.45. The summed E-state index contributed by atoms with van der Waals surface area (Å²) in [5.74, 6) is -2.93. The molecule has 1 heterocycles. The fourth-order valence-electron chi connectivity index (χ4n) is 2.56. The van der Waals surface area contributed by atoms with Gasteiger partial charge in [0.1, 0.15) is 17.7 Å². The second kappa shape index (κ2) is 7.43.